The van der Waals surface area contributed by atoms with E-state index in [4.69, 9.17) is 4.74 Å². The van der Waals surface area contributed by atoms with E-state index in [2.05, 4.69) is 22.2 Å². The van der Waals surface area contributed by atoms with Gasteiger partial charge in [0.1, 0.15) is 6.33 Å². The first-order valence-corrected chi connectivity index (χ1v) is 6.04. The number of hydrogen-bond donors (Lipinski definition) is 0. The molecule has 0 amide bonds. The van der Waals surface area contributed by atoms with Gasteiger partial charge in [-0.05, 0) is 24.4 Å². The van der Waals surface area contributed by atoms with Gasteiger partial charge in [-0.15, -0.1) is 5.10 Å². The van der Waals surface area contributed by atoms with E-state index in [1.807, 2.05) is 25.1 Å². The van der Waals surface area contributed by atoms with Crippen LogP contribution < -0.4 is 4.74 Å². The van der Waals surface area contributed by atoms with Gasteiger partial charge in [0.05, 0.1) is 6.61 Å². The second-order valence-corrected chi connectivity index (χ2v) is 4.04. The molecule has 0 aliphatic heterocycles. The Morgan fingerprint density at radius 3 is 2.88 bits per heavy atom. The van der Waals surface area contributed by atoms with E-state index < -0.39 is 0 Å². The third kappa shape index (κ3) is 3.00. The Hall–Kier alpha value is -1.49. The largest absolute Gasteiger partial charge is 0.463 e. The van der Waals surface area contributed by atoms with Crippen LogP contribution in [-0.2, 0) is 5.75 Å². The summed E-state index contributed by atoms with van der Waals surface area (Å²) in [5.74, 6) is 0.871. The van der Waals surface area contributed by atoms with Crippen LogP contribution in [0, 0.1) is 0 Å². The second kappa shape index (κ2) is 5.55. The molecule has 0 saturated heterocycles. The summed E-state index contributed by atoms with van der Waals surface area (Å²) in [7, 11) is 0. The van der Waals surface area contributed by atoms with Crippen LogP contribution in [-0.4, -0.2) is 20.8 Å². The van der Waals surface area contributed by atoms with Gasteiger partial charge in [0.2, 0.25) is 0 Å². The first-order valence-electron chi connectivity index (χ1n) is 5.10. The molecular formula is C11H13N3OS. The molecule has 1 aromatic heterocycles. The van der Waals surface area contributed by atoms with E-state index in [-0.39, 0.29) is 0 Å². The minimum absolute atomic E-state index is 0.433. The number of rotatable bonds is 5. The number of ether oxygens (including phenoxy) is 1. The topological polar surface area (TPSA) is 39.9 Å². The van der Waals surface area contributed by atoms with E-state index >= 15 is 0 Å². The van der Waals surface area contributed by atoms with E-state index in [1.54, 1.807) is 22.4 Å². The summed E-state index contributed by atoms with van der Waals surface area (Å²) in [4.78, 5) is 4.03. The van der Waals surface area contributed by atoms with Crippen LogP contribution in [0.1, 0.15) is 12.5 Å². The third-order valence-electron chi connectivity index (χ3n) is 1.93. The summed E-state index contributed by atoms with van der Waals surface area (Å²) in [5.41, 5.74) is 1.26. The van der Waals surface area contributed by atoms with Gasteiger partial charge in [-0.3, -0.25) is 0 Å². The van der Waals surface area contributed by atoms with Crippen molar-refractivity contribution in [2.75, 3.05) is 6.61 Å². The maximum absolute atomic E-state index is 5.18. The molecule has 16 heavy (non-hydrogen) atoms. The van der Waals surface area contributed by atoms with Crippen molar-refractivity contribution in [2.24, 2.45) is 0 Å². The number of nitrogens with zero attached hydrogens (tertiary/aromatic N) is 3. The van der Waals surface area contributed by atoms with E-state index in [0.29, 0.717) is 12.6 Å². The lowest BCUT2D eigenvalue weighted by Crippen LogP contribution is -1.94. The fourth-order valence-electron chi connectivity index (χ4n) is 1.21. The predicted octanol–water partition coefficient (Wildman–Crippen LogP) is 2.37. The van der Waals surface area contributed by atoms with Crippen LogP contribution in [0.5, 0.6) is 6.01 Å². The molecular weight excluding hydrogens is 222 g/mol. The standard InChI is InChI=1S/C11H13N3OS/c1-2-15-11-12-9-14(13-11)16-8-10-6-4-3-5-7-10/h3-7,9H,2,8H2,1H3. The molecule has 0 radical (unpaired) electrons. The average molecular weight is 235 g/mol. The minimum Gasteiger partial charge on any atom is -0.463 e. The van der Waals surface area contributed by atoms with Crippen molar-refractivity contribution in [3.63, 3.8) is 0 Å². The summed E-state index contributed by atoms with van der Waals surface area (Å²) in [6.45, 7) is 2.51. The molecule has 0 saturated carbocycles. The highest BCUT2D eigenvalue weighted by Crippen LogP contribution is 2.14. The maximum Gasteiger partial charge on any atom is 0.336 e. The second-order valence-electron chi connectivity index (χ2n) is 3.12. The molecule has 0 atom stereocenters. The fourth-order valence-corrected chi connectivity index (χ4v) is 1.92. The van der Waals surface area contributed by atoms with Crippen molar-refractivity contribution in [3.8, 4) is 6.01 Å². The lowest BCUT2D eigenvalue weighted by molar-refractivity contribution is 0.313. The Labute approximate surface area is 98.8 Å². The zero-order chi connectivity index (χ0) is 11.2. The Morgan fingerprint density at radius 1 is 1.31 bits per heavy atom. The molecule has 0 aliphatic carbocycles. The molecule has 5 heteroatoms. The number of hydrogen-bond acceptors (Lipinski definition) is 4. The van der Waals surface area contributed by atoms with Crippen molar-refractivity contribution in [2.45, 2.75) is 12.7 Å². The van der Waals surface area contributed by atoms with Crippen molar-refractivity contribution >= 4 is 11.9 Å². The summed E-state index contributed by atoms with van der Waals surface area (Å²) < 4.78 is 6.90. The van der Waals surface area contributed by atoms with Gasteiger partial charge in [-0.1, -0.05) is 30.3 Å². The van der Waals surface area contributed by atoms with Crippen LogP contribution >= 0.6 is 11.9 Å². The Balaban J connectivity index is 1.89. The summed E-state index contributed by atoms with van der Waals surface area (Å²) in [5, 5.41) is 4.16. The van der Waals surface area contributed by atoms with Crippen LogP contribution in [0.2, 0.25) is 0 Å². The Bertz CT molecular complexity index is 430. The van der Waals surface area contributed by atoms with Gasteiger partial charge < -0.3 is 4.74 Å². The summed E-state index contributed by atoms with van der Waals surface area (Å²) >= 11 is 1.58. The molecule has 1 aromatic carbocycles. The molecule has 0 N–H and O–H groups in total. The van der Waals surface area contributed by atoms with Crippen molar-refractivity contribution in [1.29, 1.82) is 0 Å². The van der Waals surface area contributed by atoms with Crippen molar-refractivity contribution < 1.29 is 4.74 Å². The van der Waals surface area contributed by atoms with Gasteiger partial charge in [-0.2, -0.15) is 9.07 Å². The van der Waals surface area contributed by atoms with Gasteiger partial charge in [0.25, 0.3) is 0 Å². The zero-order valence-corrected chi connectivity index (χ0v) is 9.85. The zero-order valence-electron chi connectivity index (χ0n) is 9.04. The van der Waals surface area contributed by atoms with Gasteiger partial charge >= 0.3 is 6.01 Å². The minimum atomic E-state index is 0.433. The molecule has 1 heterocycles. The molecule has 84 valence electrons. The first-order chi connectivity index (χ1) is 7.88. The molecule has 0 unspecified atom stereocenters. The van der Waals surface area contributed by atoms with E-state index in [0.717, 1.165) is 5.75 Å². The van der Waals surface area contributed by atoms with Gasteiger partial charge in [0.15, 0.2) is 0 Å². The van der Waals surface area contributed by atoms with Crippen molar-refractivity contribution in [3.05, 3.63) is 42.2 Å². The normalized spacial score (nSPS) is 10.3. The highest BCUT2D eigenvalue weighted by molar-refractivity contribution is 7.96. The molecule has 2 rings (SSSR count). The van der Waals surface area contributed by atoms with Gasteiger partial charge in [0, 0.05) is 5.75 Å². The maximum atomic E-state index is 5.18. The third-order valence-corrected chi connectivity index (χ3v) is 2.83. The lowest BCUT2D eigenvalue weighted by Gasteiger charge is -1.99. The summed E-state index contributed by atoms with van der Waals surface area (Å²) in [6, 6.07) is 10.7. The van der Waals surface area contributed by atoms with E-state index in [9.17, 15) is 0 Å². The van der Waals surface area contributed by atoms with Crippen molar-refractivity contribution in [1.82, 2.24) is 14.2 Å². The lowest BCUT2D eigenvalue weighted by atomic mass is 10.2. The first kappa shape index (κ1) is 11.0. The molecule has 2 aromatic rings. The smallest absolute Gasteiger partial charge is 0.336 e. The average Bonchev–Trinajstić information content (AvgIpc) is 2.76. The SMILES string of the molecule is CCOc1ncn(SCc2ccccc2)n1. The monoisotopic (exact) mass is 235 g/mol. The van der Waals surface area contributed by atoms with Gasteiger partial charge in [-0.25, -0.2) is 0 Å². The van der Waals surface area contributed by atoms with E-state index in [1.165, 1.54) is 5.56 Å². The highest BCUT2D eigenvalue weighted by atomic mass is 32.2. The summed E-state index contributed by atoms with van der Waals surface area (Å²) in [6.07, 6.45) is 1.67. The van der Waals surface area contributed by atoms with Crippen LogP contribution in [0.25, 0.3) is 0 Å². The van der Waals surface area contributed by atoms with Crippen LogP contribution in [0.3, 0.4) is 0 Å². The molecule has 0 spiro atoms. The molecule has 0 aliphatic rings. The number of aromatic nitrogens is 3. The molecule has 0 fully saturated rings. The van der Waals surface area contributed by atoms with Crippen LogP contribution in [0.4, 0.5) is 0 Å². The molecule has 0 bridgehead atoms. The predicted molar refractivity (Wildman–Crippen MR) is 64.3 cm³/mol. The number of benzene rings is 1. The quantitative estimate of drug-likeness (QED) is 0.797. The molecule has 4 nitrogen and oxygen atoms in total. The Morgan fingerprint density at radius 2 is 2.12 bits per heavy atom. The Kier molecular flexibility index (Phi) is 3.82. The fraction of sp³-hybridized carbons (Fsp3) is 0.273. The highest BCUT2D eigenvalue weighted by Gasteiger charge is 2.01. The van der Waals surface area contributed by atoms with Crippen LogP contribution in [0.15, 0.2) is 36.7 Å².